The molecule has 14 heavy (non-hydrogen) atoms. The van der Waals surface area contributed by atoms with Crippen molar-refractivity contribution in [3.63, 3.8) is 0 Å². The van der Waals surface area contributed by atoms with Crippen LogP contribution in [0, 0.1) is 11.3 Å². The molecule has 2 rings (SSSR count). The van der Waals surface area contributed by atoms with Crippen molar-refractivity contribution in [1.82, 2.24) is 4.90 Å². The van der Waals surface area contributed by atoms with E-state index < -0.39 is 0 Å². The minimum Gasteiger partial charge on any atom is -0.296 e. The normalized spacial score (nSPS) is 33.8. The predicted molar refractivity (Wildman–Crippen MR) is 61.3 cm³/mol. The fourth-order valence-electron chi connectivity index (χ4n) is 3.15. The second-order valence-corrected chi connectivity index (χ2v) is 6.31. The fraction of sp³-hybridized carbons (Fsp3) is 0.846. The third-order valence-electron chi connectivity index (χ3n) is 3.60. The maximum atomic E-state index is 4.13. The summed E-state index contributed by atoms with van der Waals surface area (Å²) in [6, 6.07) is 0.835. The molecule has 2 heterocycles. The Balaban J connectivity index is 1.99. The summed E-state index contributed by atoms with van der Waals surface area (Å²) in [6.45, 7) is 13.7. The monoisotopic (exact) mass is 193 g/mol. The summed E-state index contributed by atoms with van der Waals surface area (Å²) in [5, 5.41) is 0. The topological polar surface area (TPSA) is 3.24 Å². The van der Waals surface area contributed by atoms with Crippen molar-refractivity contribution in [3.8, 4) is 0 Å². The lowest BCUT2D eigenvalue weighted by atomic mass is 9.80. The molecule has 0 aromatic rings. The van der Waals surface area contributed by atoms with E-state index in [1.807, 2.05) is 0 Å². The quantitative estimate of drug-likeness (QED) is 0.578. The molecular weight excluding hydrogens is 170 g/mol. The van der Waals surface area contributed by atoms with E-state index in [2.05, 4.69) is 32.3 Å². The van der Waals surface area contributed by atoms with Gasteiger partial charge in [0, 0.05) is 12.6 Å². The average molecular weight is 193 g/mol. The highest BCUT2D eigenvalue weighted by Crippen LogP contribution is 2.40. The van der Waals surface area contributed by atoms with Crippen molar-refractivity contribution in [2.24, 2.45) is 11.3 Å². The van der Waals surface area contributed by atoms with E-state index in [9.17, 15) is 0 Å². The van der Waals surface area contributed by atoms with Crippen LogP contribution in [0.2, 0.25) is 0 Å². The molecule has 2 atom stereocenters. The van der Waals surface area contributed by atoms with Crippen molar-refractivity contribution in [3.05, 3.63) is 12.2 Å². The van der Waals surface area contributed by atoms with Gasteiger partial charge in [0.2, 0.25) is 0 Å². The Hall–Kier alpha value is -0.300. The van der Waals surface area contributed by atoms with Gasteiger partial charge in [0.1, 0.15) is 0 Å². The summed E-state index contributed by atoms with van der Waals surface area (Å²) in [7, 11) is 0. The molecule has 2 aliphatic rings. The molecule has 0 spiro atoms. The summed E-state index contributed by atoms with van der Waals surface area (Å²) < 4.78 is 0. The molecule has 0 bridgehead atoms. The maximum absolute atomic E-state index is 4.13. The average Bonchev–Trinajstić information content (AvgIpc) is 2.49. The summed E-state index contributed by atoms with van der Waals surface area (Å²) in [6.07, 6.45) is 4.05. The first-order chi connectivity index (χ1) is 6.46. The Morgan fingerprint density at radius 2 is 2.14 bits per heavy atom. The lowest BCUT2D eigenvalue weighted by Gasteiger charge is -2.27. The van der Waals surface area contributed by atoms with Crippen LogP contribution in [0.25, 0.3) is 0 Å². The molecule has 0 N–H and O–H groups in total. The number of fused-ring (bicyclic) bond motifs is 1. The highest BCUT2D eigenvalue weighted by molar-refractivity contribution is 5.12. The predicted octanol–water partition coefficient (Wildman–Crippen LogP) is 3.07. The van der Waals surface area contributed by atoms with E-state index in [1.54, 1.807) is 0 Å². The standard InChI is InChI=1S/C13H23N/c1-10-7-12-11(8-13(2,3)4)5-6-14(12)9-10/h11-12H,1,5-9H2,2-4H3. The van der Waals surface area contributed by atoms with Crippen LogP contribution in [-0.2, 0) is 0 Å². The van der Waals surface area contributed by atoms with Gasteiger partial charge in [0.25, 0.3) is 0 Å². The zero-order valence-electron chi connectivity index (χ0n) is 9.84. The Kier molecular flexibility index (Phi) is 2.46. The second-order valence-electron chi connectivity index (χ2n) is 6.31. The van der Waals surface area contributed by atoms with Crippen LogP contribution in [0.4, 0.5) is 0 Å². The van der Waals surface area contributed by atoms with Crippen LogP contribution in [0.15, 0.2) is 12.2 Å². The largest absolute Gasteiger partial charge is 0.296 e. The molecule has 80 valence electrons. The molecule has 0 aromatic heterocycles. The Labute approximate surface area is 88.2 Å². The number of hydrogen-bond donors (Lipinski definition) is 0. The summed E-state index contributed by atoms with van der Waals surface area (Å²) in [5.74, 6) is 0.925. The molecule has 0 aliphatic carbocycles. The maximum Gasteiger partial charge on any atom is 0.0193 e. The van der Waals surface area contributed by atoms with E-state index in [0.29, 0.717) is 5.41 Å². The van der Waals surface area contributed by atoms with Gasteiger partial charge in [-0.15, -0.1) is 0 Å². The number of rotatable bonds is 1. The third-order valence-corrected chi connectivity index (χ3v) is 3.60. The Morgan fingerprint density at radius 1 is 1.43 bits per heavy atom. The van der Waals surface area contributed by atoms with Crippen LogP contribution in [-0.4, -0.2) is 24.0 Å². The summed E-state index contributed by atoms with van der Waals surface area (Å²) >= 11 is 0. The first kappa shape index (κ1) is 10.2. The van der Waals surface area contributed by atoms with Crippen LogP contribution in [0.1, 0.15) is 40.0 Å². The highest BCUT2D eigenvalue weighted by atomic mass is 15.2. The molecule has 0 radical (unpaired) electrons. The zero-order chi connectivity index (χ0) is 10.3. The second kappa shape index (κ2) is 3.37. The van der Waals surface area contributed by atoms with Gasteiger partial charge >= 0.3 is 0 Å². The van der Waals surface area contributed by atoms with Gasteiger partial charge in [0.15, 0.2) is 0 Å². The zero-order valence-corrected chi connectivity index (χ0v) is 9.84. The van der Waals surface area contributed by atoms with Crippen LogP contribution in [0.5, 0.6) is 0 Å². The van der Waals surface area contributed by atoms with E-state index in [-0.39, 0.29) is 0 Å². The van der Waals surface area contributed by atoms with Gasteiger partial charge < -0.3 is 0 Å². The van der Waals surface area contributed by atoms with Crippen molar-refractivity contribution in [1.29, 1.82) is 0 Å². The van der Waals surface area contributed by atoms with Gasteiger partial charge in [0.05, 0.1) is 0 Å². The summed E-state index contributed by atoms with van der Waals surface area (Å²) in [4.78, 5) is 2.64. The Morgan fingerprint density at radius 3 is 2.79 bits per heavy atom. The lowest BCUT2D eigenvalue weighted by Crippen LogP contribution is -2.27. The molecule has 2 unspecified atom stereocenters. The molecule has 0 aromatic carbocycles. The molecule has 2 saturated heterocycles. The minimum absolute atomic E-state index is 0.491. The smallest absolute Gasteiger partial charge is 0.0193 e. The molecule has 0 amide bonds. The lowest BCUT2D eigenvalue weighted by molar-refractivity contribution is 0.232. The SMILES string of the molecule is C=C1CC2C(CC(C)(C)C)CCN2C1. The van der Waals surface area contributed by atoms with E-state index in [4.69, 9.17) is 0 Å². The van der Waals surface area contributed by atoms with Crippen molar-refractivity contribution in [2.45, 2.75) is 46.1 Å². The van der Waals surface area contributed by atoms with Crippen LogP contribution < -0.4 is 0 Å². The molecule has 1 heteroatoms. The number of nitrogens with zero attached hydrogens (tertiary/aromatic N) is 1. The van der Waals surface area contributed by atoms with Crippen molar-refractivity contribution in [2.75, 3.05) is 13.1 Å². The van der Waals surface area contributed by atoms with Crippen molar-refractivity contribution < 1.29 is 0 Å². The first-order valence-corrected chi connectivity index (χ1v) is 5.86. The highest BCUT2D eigenvalue weighted by Gasteiger charge is 2.39. The van der Waals surface area contributed by atoms with Gasteiger partial charge in [-0.25, -0.2) is 0 Å². The molecule has 1 nitrogen and oxygen atoms in total. The van der Waals surface area contributed by atoms with E-state index in [1.165, 1.54) is 37.9 Å². The molecule has 2 aliphatic heterocycles. The molecule has 2 fully saturated rings. The van der Waals surface area contributed by atoms with Crippen LogP contribution in [0.3, 0.4) is 0 Å². The van der Waals surface area contributed by atoms with Gasteiger partial charge in [-0.05, 0) is 37.1 Å². The van der Waals surface area contributed by atoms with Gasteiger partial charge in [-0.1, -0.05) is 32.9 Å². The fourth-order valence-corrected chi connectivity index (χ4v) is 3.15. The van der Waals surface area contributed by atoms with Gasteiger partial charge in [-0.3, -0.25) is 4.90 Å². The van der Waals surface area contributed by atoms with E-state index in [0.717, 1.165) is 12.0 Å². The number of hydrogen-bond acceptors (Lipinski definition) is 1. The Bertz CT molecular complexity index is 236. The molecule has 0 saturated carbocycles. The van der Waals surface area contributed by atoms with E-state index >= 15 is 0 Å². The third kappa shape index (κ3) is 2.03. The van der Waals surface area contributed by atoms with Gasteiger partial charge in [-0.2, -0.15) is 0 Å². The minimum atomic E-state index is 0.491. The first-order valence-electron chi connectivity index (χ1n) is 5.86. The van der Waals surface area contributed by atoms with Crippen LogP contribution >= 0.6 is 0 Å². The molecular formula is C13H23N. The summed E-state index contributed by atoms with van der Waals surface area (Å²) in [5.41, 5.74) is 1.94. The van der Waals surface area contributed by atoms with Crippen molar-refractivity contribution >= 4 is 0 Å².